The van der Waals surface area contributed by atoms with Crippen LogP contribution >= 0.6 is 11.8 Å². The van der Waals surface area contributed by atoms with Crippen LogP contribution in [-0.4, -0.2) is 40.4 Å². The van der Waals surface area contributed by atoms with Crippen molar-refractivity contribution in [3.63, 3.8) is 0 Å². The number of carbonyl (C=O) groups excluding carboxylic acids is 1. The van der Waals surface area contributed by atoms with Gasteiger partial charge >= 0.3 is 0 Å². The number of methoxy groups -OCH3 is 1. The molecule has 0 bridgehead atoms. The van der Waals surface area contributed by atoms with Gasteiger partial charge in [0.05, 0.1) is 18.1 Å². The Hall–Kier alpha value is -2.80. The van der Waals surface area contributed by atoms with Crippen molar-refractivity contribution < 1.29 is 14.1 Å². The van der Waals surface area contributed by atoms with Gasteiger partial charge in [-0.15, -0.1) is 11.8 Å². The lowest BCUT2D eigenvalue weighted by molar-refractivity contribution is -0.129. The van der Waals surface area contributed by atoms with Crippen molar-refractivity contribution in [3.05, 3.63) is 66.0 Å². The number of hydrogen-bond donors (Lipinski definition) is 0. The van der Waals surface area contributed by atoms with E-state index >= 15 is 0 Å². The Morgan fingerprint density at radius 1 is 1.18 bits per heavy atom. The molecule has 3 rings (SSSR count). The maximum absolute atomic E-state index is 12.6. The molecule has 146 valence electrons. The van der Waals surface area contributed by atoms with Crippen LogP contribution in [0, 0.1) is 0 Å². The van der Waals surface area contributed by atoms with Crippen LogP contribution in [0.2, 0.25) is 0 Å². The van der Waals surface area contributed by atoms with Gasteiger partial charge in [-0.05, 0) is 36.8 Å². The summed E-state index contributed by atoms with van der Waals surface area (Å²) in [6.07, 6.45) is 0. The normalized spacial score (nSPS) is 11.8. The standard InChI is InChI=1S/C21H23N3O3S/c1-15(21(25)24(2)13-16-7-5-4-6-8-16)28-14-19-22-20(27-23-19)17-9-11-18(26-3)12-10-17/h4-12,15H,13-14H2,1-3H3. The van der Waals surface area contributed by atoms with Crippen molar-refractivity contribution in [1.29, 1.82) is 0 Å². The molecule has 0 radical (unpaired) electrons. The van der Waals surface area contributed by atoms with Crippen LogP contribution in [0.5, 0.6) is 5.75 Å². The van der Waals surface area contributed by atoms with Gasteiger partial charge in [0.1, 0.15) is 5.75 Å². The van der Waals surface area contributed by atoms with Crippen LogP contribution in [0.4, 0.5) is 0 Å². The Morgan fingerprint density at radius 3 is 2.57 bits per heavy atom. The van der Waals surface area contributed by atoms with E-state index in [-0.39, 0.29) is 11.2 Å². The lowest BCUT2D eigenvalue weighted by Crippen LogP contribution is -2.32. The first-order valence-electron chi connectivity index (χ1n) is 8.94. The molecule has 1 aromatic heterocycles. The number of benzene rings is 2. The van der Waals surface area contributed by atoms with E-state index in [2.05, 4.69) is 10.1 Å². The highest BCUT2D eigenvalue weighted by molar-refractivity contribution is 7.99. The number of nitrogens with zero attached hydrogens (tertiary/aromatic N) is 3. The molecule has 2 aromatic carbocycles. The van der Waals surface area contributed by atoms with E-state index in [1.54, 1.807) is 12.0 Å². The summed E-state index contributed by atoms with van der Waals surface area (Å²) in [6.45, 7) is 2.49. The first-order valence-corrected chi connectivity index (χ1v) is 9.99. The van der Waals surface area contributed by atoms with Crippen LogP contribution in [0.1, 0.15) is 18.3 Å². The fourth-order valence-corrected chi connectivity index (χ4v) is 3.52. The van der Waals surface area contributed by atoms with Crippen LogP contribution in [0.15, 0.2) is 59.1 Å². The third-order valence-electron chi connectivity index (χ3n) is 4.25. The smallest absolute Gasteiger partial charge is 0.257 e. The molecule has 0 spiro atoms. The molecule has 0 N–H and O–H groups in total. The summed E-state index contributed by atoms with van der Waals surface area (Å²) < 4.78 is 10.5. The molecule has 6 nitrogen and oxygen atoms in total. The minimum absolute atomic E-state index is 0.0766. The zero-order chi connectivity index (χ0) is 19.9. The molecule has 0 aliphatic carbocycles. The Labute approximate surface area is 168 Å². The van der Waals surface area contributed by atoms with E-state index in [0.29, 0.717) is 24.0 Å². The van der Waals surface area contributed by atoms with E-state index in [1.807, 2.05) is 68.6 Å². The number of carbonyl (C=O) groups is 1. The number of hydrogen-bond acceptors (Lipinski definition) is 6. The molecule has 3 aromatic rings. The average Bonchev–Trinajstić information content (AvgIpc) is 3.21. The topological polar surface area (TPSA) is 68.5 Å². The first kappa shape index (κ1) is 19.9. The summed E-state index contributed by atoms with van der Waals surface area (Å²) in [4.78, 5) is 18.7. The van der Waals surface area contributed by atoms with Crippen molar-refractivity contribution in [2.45, 2.75) is 24.5 Å². The molecule has 0 aliphatic heterocycles. The number of thioether (sulfide) groups is 1. The molecule has 1 heterocycles. The molecule has 7 heteroatoms. The van der Waals surface area contributed by atoms with Gasteiger partial charge in [-0.25, -0.2) is 0 Å². The maximum Gasteiger partial charge on any atom is 0.257 e. The molecule has 28 heavy (non-hydrogen) atoms. The highest BCUT2D eigenvalue weighted by Gasteiger charge is 2.19. The van der Waals surface area contributed by atoms with Crippen molar-refractivity contribution >= 4 is 17.7 Å². The van der Waals surface area contributed by atoms with Gasteiger partial charge in [0.25, 0.3) is 5.89 Å². The van der Waals surface area contributed by atoms with Crippen LogP contribution < -0.4 is 4.74 Å². The largest absolute Gasteiger partial charge is 0.497 e. The van der Waals surface area contributed by atoms with E-state index in [4.69, 9.17) is 9.26 Å². The summed E-state index contributed by atoms with van der Waals surface area (Å²) in [5, 5.41) is 3.82. The molecule has 0 saturated heterocycles. The van der Waals surface area contributed by atoms with Crippen molar-refractivity contribution in [1.82, 2.24) is 15.0 Å². The summed E-state index contributed by atoms with van der Waals surface area (Å²) in [6, 6.07) is 17.4. The van der Waals surface area contributed by atoms with Crippen molar-refractivity contribution in [2.24, 2.45) is 0 Å². The highest BCUT2D eigenvalue weighted by Crippen LogP contribution is 2.23. The number of amides is 1. The molecule has 1 amide bonds. The molecule has 0 aliphatic rings. The lowest BCUT2D eigenvalue weighted by atomic mass is 10.2. The van der Waals surface area contributed by atoms with Crippen LogP contribution in [0.25, 0.3) is 11.5 Å². The average molecular weight is 398 g/mol. The molecule has 0 saturated carbocycles. The second kappa shape index (κ2) is 9.41. The quantitative estimate of drug-likeness (QED) is 0.572. The van der Waals surface area contributed by atoms with Gasteiger partial charge in [-0.1, -0.05) is 35.5 Å². The van der Waals surface area contributed by atoms with Gasteiger partial charge in [0, 0.05) is 19.2 Å². The fraction of sp³-hybridized carbons (Fsp3) is 0.286. The molecule has 1 unspecified atom stereocenters. The van der Waals surface area contributed by atoms with E-state index in [0.717, 1.165) is 16.9 Å². The molecule has 0 fully saturated rings. The number of ether oxygens (including phenoxy) is 1. The highest BCUT2D eigenvalue weighted by atomic mass is 32.2. The second-order valence-corrected chi connectivity index (χ2v) is 7.71. The fourth-order valence-electron chi connectivity index (χ4n) is 2.68. The predicted octanol–water partition coefficient (Wildman–Crippen LogP) is 4.03. The van der Waals surface area contributed by atoms with Gasteiger partial charge in [0.2, 0.25) is 5.91 Å². The van der Waals surface area contributed by atoms with E-state index in [1.165, 1.54) is 11.8 Å². The first-order chi connectivity index (χ1) is 13.6. The minimum atomic E-state index is -0.198. The van der Waals surface area contributed by atoms with Crippen LogP contribution in [0.3, 0.4) is 0 Å². The summed E-state index contributed by atoms with van der Waals surface area (Å²) >= 11 is 1.49. The Balaban J connectivity index is 1.53. The third kappa shape index (κ3) is 5.13. The molecular formula is C21H23N3O3S. The Kier molecular flexibility index (Phi) is 6.71. The Bertz CT molecular complexity index is 897. The van der Waals surface area contributed by atoms with Gasteiger partial charge < -0.3 is 14.2 Å². The van der Waals surface area contributed by atoms with E-state index < -0.39 is 0 Å². The Morgan fingerprint density at radius 2 is 1.89 bits per heavy atom. The zero-order valence-electron chi connectivity index (χ0n) is 16.2. The predicted molar refractivity (Wildman–Crippen MR) is 110 cm³/mol. The zero-order valence-corrected chi connectivity index (χ0v) is 17.0. The summed E-state index contributed by atoms with van der Waals surface area (Å²) in [5.41, 5.74) is 1.94. The van der Waals surface area contributed by atoms with Crippen molar-refractivity contribution in [3.8, 4) is 17.2 Å². The van der Waals surface area contributed by atoms with Gasteiger partial charge in [0.15, 0.2) is 5.82 Å². The number of aromatic nitrogens is 2. The summed E-state index contributed by atoms with van der Waals surface area (Å²) in [5.74, 6) is 2.38. The summed E-state index contributed by atoms with van der Waals surface area (Å²) in [7, 11) is 3.44. The second-order valence-electron chi connectivity index (χ2n) is 6.38. The maximum atomic E-state index is 12.6. The monoisotopic (exact) mass is 397 g/mol. The van der Waals surface area contributed by atoms with Gasteiger partial charge in [-0.3, -0.25) is 4.79 Å². The molecular weight excluding hydrogens is 374 g/mol. The van der Waals surface area contributed by atoms with Crippen molar-refractivity contribution in [2.75, 3.05) is 14.2 Å². The number of rotatable bonds is 8. The van der Waals surface area contributed by atoms with Crippen LogP contribution in [-0.2, 0) is 17.1 Å². The van der Waals surface area contributed by atoms with E-state index in [9.17, 15) is 4.79 Å². The third-order valence-corrected chi connectivity index (χ3v) is 5.38. The molecule has 1 atom stereocenters. The van der Waals surface area contributed by atoms with Gasteiger partial charge in [-0.2, -0.15) is 4.98 Å². The lowest BCUT2D eigenvalue weighted by Gasteiger charge is -2.21. The minimum Gasteiger partial charge on any atom is -0.497 e. The SMILES string of the molecule is COc1ccc(-c2nc(CSC(C)C(=O)N(C)Cc3ccccc3)no2)cc1.